The van der Waals surface area contributed by atoms with Crippen molar-refractivity contribution in [3.63, 3.8) is 0 Å². The first-order chi connectivity index (χ1) is 7.74. The molecule has 2 saturated heterocycles. The Labute approximate surface area is 93.7 Å². The third-order valence-electron chi connectivity index (χ3n) is 2.45. The third kappa shape index (κ3) is 2.70. The van der Waals surface area contributed by atoms with Crippen LogP contribution in [-0.4, -0.2) is 51.1 Å². The zero-order valence-electron chi connectivity index (χ0n) is 9.27. The van der Waals surface area contributed by atoms with Crippen molar-refractivity contribution in [3.8, 4) is 0 Å². The summed E-state index contributed by atoms with van der Waals surface area (Å²) in [6.45, 7) is 3.44. The number of carbonyl (C=O) groups excluding carboxylic acids is 1. The fourth-order valence-corrected chi connectivity index (χ4v) is 1.68. The van der Waals surface area contributed by atoms with Gasteiger partial charge >= 0.3 is 5.97 Å². The van der Waals surface area contributed by atoms with E-state index in [9.17, 15) is 4.79 Å². The Bertz CT molecular complexity index is 242. The van der Waals surface area contributed by atoms with Crippen molar-refractivity contribution >= 4 is 5.97 Å². The van der Waals surface area contributed by atoms with Gasteiger partial charge in [0.25, 0.3) is 0 Å². The van der Waals surface area contributed by atoms with Crippen molar-refractivity contribution in [3.05, 3.63) is 0 Å². The molecule has 2 aliphatic rings. The number of esters is 1. The maximum Gasteiger partial charge on any atom is 0.307 e. The van der Waals surface area contributed by atoms with Gasteiger partial charge < -0.3 is 23.7 Å². The Morgan fingerprint density at radius 1 is 1.31 bits per heavy atom. The molecule has 2 rings (SSSR count). The Balaban J connectivity index is 1.90. The first-order valence-corrected chi connectivity index (χ1v) is 5.35. The molecule has 92 valence electrons. The Hall–Kier alpha value is -0.690. The molecule has 6 nitrogen and oxygen atoms in total. The quantitative estimate of drug-likeness (QED) is 0.627. The van der Waals surface area contributed by atoms with E-state index in [1.165, 1.54) is 0 Å². The van der Waals surface area contributed by atoms with Gasteiger partial charge in [-0.05, 0) is 0 Å². The van der Waals surface area contributed by atoms with Gasteiger partial charge in [-0.25, -0.2) is 0 Å². The van der Waals surface area contributed by atoms with Crippen LogP contribution >= 0.6 is 0 Å². The van der Waals surface area contributed by atoms with Crippen molar-refractivity contribution in [2.24, 2.45) is 0 Å². The van der Waals surface area contributed by atoms with Gasteiger partial charge in [0.05, 0.1) is 19.8 Å². The van der Waals surface area contributed by atoms with Gasteiger partial charge in [0.15, 0.2) is 0 Å². The molecule has 0 saturated carbocycles. The van der Waals surface area contributed by atoms with Gasteiger partial charge in [-0.2, -0.15) is 0 Å². The van der Waals surface area contributed by atoms with Crippen LogP contribution in [-0.2, 0) is 28.5 Å². The van der Waals surface area contributed by atoms with Crippen molar-refractivity contribution in [2.45, 2.75) is 25.2 Å². The summed E-state index contributed by atoms with van der Waals surface area (Å²) in [6, 6.07) is 0. The Kier molecular flexibility index (Phi) is 3.75. The highest BCUT2D eigenvalue weighted by Gasteiger charge is 2.42. The predicted octanol–water partition coefficient (Wildman–Crippen LogP) is 0.0556. The number of hydrogen-bond acceptors (Lipinski definition) is 6. The average Bonchev–Trinajstić information content (AvgIpc) is 2.30. The van der Waals surface area contributed by atoms with Gasteiger partial charge in [-0.1, -0.05) is 6.92 Å². The molecule has 2 aliphatic heterocycles. The number of hydrogen-bond donors (Lipinski definition) is 0. The molecule has 1 atom stereocenters. The molecule has 1 unspecified atom stereocenters. The van der Waals surface area contributed by atoms with Gasteiger partial charge in [-0.3, -0.25) is 4.79 Å². The van der Waals surface area contributed by atoms with Crippen LogP contribution < -0.4 is 0 Å². The first-order valence-electron chi connectivity index (χ1n) is 5.35. The van der Waals surface area contributed by atoms with E-state index in [2.05, 4.69) is 0 Å². The molecule has 2 heterocycles. The molecule has 0 aliphatic carbocycles. The second-order valence-corrected chi connectivity index (χ2v) is 3.90. The summed E-state index contributed by atoms with van der Waals surface area (Å²) in [5.74, 6) is -0.303. The Morgan fingerprint density at radius 3 is 2.69 bits per heavy atom. The van der Waals surface area contributed by atoms with E-state index in [0.717, 1.165) is 0 Å². The van der Waals surface area contributed by atoms with Crippen LogP contribution in [0.3, 0.4) is 0 Å². The maximum atomic E-state index is 11.1. The average molecular weight is 232 g/mol. The zero-order valence-corrected chi connectivity index (χ0v) is 9.27. The molecule has 0 N–H and O–H groups in total. The monoisotopic (exact) mass is 232 g/mol. The van der Waals surface area contributed by atoms with E-state index in [1.807, 2.05) is 0 Å². The third-order valence-corrected chi connectivity index (χ3v) is 2.45. The number of rotatable bonds is 2. The lowest BCUT2D eigenvalue weighted by molar-refractivity contribution is -0.321. The minimum Gasteiger partial charge on any atom is -0.433 e. The standard InChI is InChI=1S/C10H16O6/c1-2-8(11)15-9-3-12-4-10(16-9)5-13-7-14-6-10/h9H,2-7H2,1H3. The van der Waals surface area contributed by atoms with Gasteiger partial charge in [0.1, 0.15) is 19.0 Å². The van der Waals surface area contributed by atoms with Crippen LogP contribution in [0.5, 0.6) is 0 Å². The van der Waals surface area contributed by atoms with Gasteiger partial charge in [-0.15, -0.1) is 0 Å². The Morgan fingerprint density at radius 2 is 2.00 bits per heavy atom. The van der Waals surface area contributed by atoms with E-state index in [-0.39, 0.29) is 19.4 Å². The molecule has 0 radical (unpaired) electrons. The molecular weight excluding hydrogens is 216 g/mol. The molecule has 0 aromatic rings. The summed E-state index contributed by atoms with van der Waals surface area (Å²) in [4.78, 5) is 11.1. The molecule has 0 aromatic carbocycles. The van der Waals surface area contributed by atoms with Crippen LogP contribution in [0.2, 0.25) is 0 Å². The molecule has 1 spiro atoms. The summed E-state index contributed by atoms with van der Waals surface area (Å²) in [5.41, 5.74) is -0.630. The van der Waals surface area contributed by atoms with Crippen LogP contribution in [0.4, 0.5) is 0 Å². The normalized spacial score (nSPS) is 28.9. The van der Waals surface area contributed by atoms with Crippen LogP contribution in [0.25, 0.3) is 0 Å². The van der Waals surface area contributed by atoms with Crippen molar-refractivity contribution in [1.82, 2.24) is 0 Å². The topological polar surface area (TPSA) is 63.2 Å². The SMILES string of the molecule is CCC(=O)OC1COCC2(COCOC2)O1. The first kappa shape index (κ1) is 11.8. The minimum atomic E-state index is -0.661. The van der Waals surface area contributed by atoms with Crippen molar-refractivity contribution < 1.29 is 28.5 Å². The van der Waals surface area contributed by atoms with E-state index in [4.69, 9.17) is 23.7 Å². The van der Waals surface area contributed by atoms with Crippen LogP contribution in [0, 0.1) is 0 Å². The summed E-state index contributed by atoms with van der Waals surface area (Å²) < 4.78 is 26.4. The van der Waals surface area contributed by atoms with Crippen LogP contribution in [0.15, 0.2) is 0 Å². The fraction of sp³-hybridized carbons (Fsp3) is 0.900. The largest absolute Gasteiger partial charge is 0.433 e. The highest BCUT2D eigenvalue weighted by molar-refractivity contribution is 5.68. The summed E-state index contributed by atoms with van der Waals surface area (Å²) in [7, 11) is 0. The molecule has 6 heteroatoms. The summed E-state index contributed by atoms with van der Waals surface area (Å²) in [6.07, 6.45) is -0.341. The zero-order chi connectivity index (χ0) is 11.4. The van der Waals surface area contributed by atoms with E-state index in [0.29, 0.717) is 26.2 Å². The lowest BCUT2D eigenvalue weighted by Crippen LogP contribution is -2.56. The highest BCUT2D eigenvalue weighted by atomic mass is 16.8. The molecular formula is C10H16O6. The van der Waals surface area contributed by atoms with Crippen LogP contribution in [0.1, 0.15) is 13.3 Å². The second-order valence-electron chi connectivity index (χ2n) is 3.90. The van der Waals surface area contributed by atoms with Crippen molar-refractivity contribution in [1.29, 1.82) is 0 Å². The number of carbonyl (C=O) groups is 1. The van der Waals surface area contributed by atoms with E-state index >= 15 is 0 Å². The molecule has 16 heavy (non-hydrogen) atoms. The number of ether oxygens (including phenoxy) is 5. The molecule has 0 aromatic heterocycles. The molecule has 0 amide bonds. The van der Waals surface area contributed by atoms with Gasteiger partial charge in [0.2, 0.25) is 6.29 Å². The smallest absolute Gasteiger partial charge is 0.307 e. The van der Waals surface area contributed by atoms with E-state index < -0.39 is 11.9 Å². The van der Waals surface area contributed by atoms with E-state index in [1.54, 1.807) is 6.92 Å². The molecule has 2 fully saturated rings. The summed E-state index contributed by atoms with van der Waals surface area (Å²) in [5, 5.41) is 0. The lowest BCUT2D eigenvalue weighted by Gasteiger charge is -2.41. The highest BCUT2D eigenvalue weighted by Crippen LogP contribution is 2.24. The van der Waals surface area contributed by atoms with Crippen molar-refractivity contribution in [2.75, 3.05) is 33.2 Å². The second kappa shape index (κ2) is 5.09. The molecule has 0 bridgehead atoms. The summed E-state index contributed by atoms with van der Waals surface area (Å²) >= 11 is 0. The lowest BCUT2D eigenvalue weighted by atomic mass is 10.1. The minimum absolute atomic E-state index is 0.257. The maximum absolute atomic E-state index is 11.1. The predicted molar refractivity (Wildman–Crippen MR) is 51.6 cm³/mol. The van der Waals surface area contributed by atoms with Gasteiger partial charge in [0, 0.05) is 6.42 Å². The fourth-order valence-electron chi connectivity index (χ4n) is 1.68.